The number of rotatable bonds is 9. The van der Waals surface area contributed by atoms with Crippen LogP contribution in [0.4, 0.5) is 0 Å². The highest BCUT2D eigenvalue weighted by atomic mass is 32.2. The summed E-state index contributed by atoms with van der Waals surface area (Å²) in [6.07, 6.45) is 4.71. The lowest BCUT2D eigenvalue weighted by molar-refractivity contribution is 0.572. The average molecular weight is 296 g/mol. The molecule has 0 saturated heterocycles. The van der Waals surface area contributed by atoms with Gasteiger partial charge in [-0.2, -0.15) is 0 Å². The van der Waals surface area contributed by atoms with Crippen LogP contribution in [-0.4, -0.2) is 21.5 Å². The van der Waals surface area contributed by atoms with Crippen LogP contribution in [0.3, 0.4) is 0 Å². The molecule has 5 heteroatoms. The fourth-order valence-corrected chi connectivity index (χ4v) is 3.32. The molecule has 0 aliphatic heterocycles. The third-order valence-corrected chi connectivity index (χ3v) is 5.02. The molecule has 1 aliphatic carbocycles. The summed E-state index contributed by atoms with van der Waals surface area (Å²) >= 11 is 0. The van der Waals surface area contributed by atoms with Crippen LogP contribution in [-0.2, 0) is 16.6 Å². The van der Waals surface area contributed by atoms with Gasteiger partial charge in [0.05, 0.1) is 4.90 Å². The van der Waals surface area contributed by atoms with Crippen LogP contribution in [0.1, 0.15) is 38.2 Å². The molecule has 0 heterocycles. The average Bonchev–Trinajstić information content (AvgIpc) is 3.26. The van der Waals surface area contributed by atoms with E-state index in [2.05, 4.69) is 10.0 Å². The Morgan fingerprint density at radius 1 is 1.30 bits per heavy atom. The number of sulfonamides is 1. The first-order chi connectivity index (χ1) is 9.62. The highest BCUT2D eigenvalue weighted by Gasteiger charge is 2.20. The molecule has 0 atom stereocenters. The maximum Gasteiger partial charge on any atom is 0.240 e. The standard InChI is InChI=1S/C15H24N2O2S/c1-2-16-12-14-5-3-7-15(11-14)20(18,19)17-10-4-6-13-8-9-13/h3,5,7,11,13,16-17H,2,4,6,8-10,12H2,1H3. The lowest BCUT2D eigenvalue weighted by atomic mass is 10.2. The van der Waals surface area contributed by atoms with Gasteiger partial charge >= 0.3 is 0 Å². The highest BCUT2D eigenvalue weighted by Crippen LogP contribution is 2.33. The molecule has 1 fully saturated rings. The molecule has 0 aromatic heterocycles. The second-order valence-electron chi connectivity index (χ2n) is 5.41. The summed E-state index contributed by atoms with van der Waals surface area (Å²) in [6.45, 7) is 4.14. The number of hydrogen-bond donors (Lipinski definition) is 2. The molecule has 0 unspecified atom stereocenters. The molecular weight excluding hydrogens is 272 g/mol. The second-order valence-corrected chi connectivity index (χ2v) is 7.18. The van der Waals surface area contributed by atoms with E-state index < -0.39 is 10.0 Å². The zero-order valence-corrected chi connectivity index (χ0v) is 12.9. The van der Waals surface area contributed by atoms with Crippen molar-refractivity contribution in [1.29, 1.82) is 0 Å². The van der Waals surface area contributed by atoms with E-state index in [1.165, 1.54) is 12.8 Å². The summed E-state index contributed by atoms with van der Waals surface area (Å²) < 4.78 is 27.1. The van der Waals surface area contributed by atoms with E-state index in [0.29, 0.717) is 18.0 Å². The summed E-state index contributed by atoms with van der Waals surface area (Å²) in [5, 5.41) is 3.20. The number of nitrogens with one attached hydrogen (secondary N) is 2. The first-order valence-corrected chi connectivity index (χ1v) is 8.89. The maximum atomic E-state index is 12.2. The van der Waals surface area contributed by atoms with Gasteiger partial charge in [-0.05, 0) is 43.0 Å². The van der Waals surface area contributed by atoms with Gasteiger partial charge in [0, 0.05) is 13.1 Å². The van der Waals surface area contributed by atoms with E-state index in [-0.39, 0.29) is 0 Å². The van der Waals surface area contributed by atoms with E-state index in [4.69, 9.17) is 0 Å². The van der Waals surface area contributed by atoms with Crippen molar-refractivity contribution in [3.05, 3.63) is 29.8 Å². The van der Waals surface area contributed by atoms with Crippen LogP contribution in [0, 0.1) is 5.92 Å². The predicted octanol–water partition coefficient (Wildman–Crippen LogP) is 2.26. The Labute approximate surface area is 122 Å². The van der Waals surface area contributed by atoms with Gasteiger partial charge in [-0.15, -0.1) is 0 Å². The molecule has 0 amide bonds. The van der Waals surface area contributed by atoms with E-state index in [1.54, 1.807) is 18.2 Å². The molecule has 2 N–H and O–H groups in total. The SMILES string of the molecule is CCNCc1cccc(S(=O)(=O)NCCCC2CC2)c1. The van der Waals surface area contributed by atoms with Crippen molar-refractivity contribution in [1.82, 2.24) is 10.0 Å². The Morgan fingerprint density at radius 3 is 2.80 bits per heavy atom. The Kier molecular flexibility index (Phi) is 5.57. The Bertz CT molecular complexity index is 524. The molecule has 1 aromatic carbocycles. The van der Waals surface area contributed by atoms with Crippen molar-refractivity contribution in [2.24, 2.45) is 5.92 Å². The molecular formula is C15H24N2O2S. The van der Waals surface area contributed by atoms with Gasteiger partial charge in [0.25, 0.3) is 0 Å². The van der Waals surface area contributed by atoms with E-state index in [0.717, 1.165) is 30.9 Å². The lowest BCUT2D eigenvalue weighted by Gasteiger charge is -2.08. The molecule has 0 spiro atoms. The fourth-order valence-electron chi connectivity index (χ4n) is 2.18. The van der Waals surface area contributed by atoms with Crippen LogP contribution in [0.5, 0.6) is 0 Å². The quantitative estimate of drug-likeness (QED) is 0.687. The Balaban J connectivity index is 1.89. The molecule has 112 valence electrons. The van der Waals surface area contributed by atoms with Crippen molar-refractivity contribution < 1.29 is 8.42 Å². The summed E-state index contributed by atoms with van der Waals surface area (Å²) in [5.41, 5.74) is 0.993. The summed E-state index contributed by atoms with van der Waals surface area (Å²) in [7, 11) is -3.36. The fraction of sp³-hybridized carbons (Fsp3) is 0.600. The van der Waals surface area contributed by atoms with Crippen molar-refractivity contribution in [3.63, 3.8) is 0 Å². The van der Waals surface area contributed by atoms with Crippen molar-refractivity contribution >= 4 is 10.0 Å². The molecule has 1 aromatic rings. The molecule has 4 nitrogen and oxygen atoms in total. The molecule has 20 heavy (non-hydrogen) atoms. The van der Waals surface area contributed by atoms with Crippen molar-refractivity contribution in [2.45, 2.75) is 44.0 Å². The van der Waals surface area contributed by atoms with Crippen molar-refractivity contribution in [3.8, 4) is 0 Å². The minimum atomic E-state index is -3.36. The van der Waals surface area contributed by atoms with Gasteiger partial charge in [-0.3, -0.25) is 0 Å². The topological polar surface area (TPSA) is 58.2 Å². The van der Waals surface area contributed by atoms with Crippen molar-refractivity contribution in [2.75, 3.05) is 13.1 Å². The largest absolute Gasteiger partial charge is 0.313 e. The van der Waals surface area contributed by atoms with Gasteiger partial charge in [-0.1, -0.05) is 31.9 Å². The zero-order valence-electron chi connectivity index (χ0n) is 12.1. The predicted molar refractivity (Wildman–Crippen MR) is 81.0 cm³/mol. The molecule has 1 saturated carbocycles. The summed E-state index contributed by atoms with van der Waals surface area (Å²) in [4.78, 5) is 0.360. The van der Waals surface area contributed by atoms with Crippen LogP contribution in [0.15, 0.2) is 29.2 Å². The minimum Gasteiger partial charge on any atom is -0.313 e. The van der Waals surface area contributed by atoms with Gasteiger partial charge in [-0.25, -0.2) is 13.1 Å². The highest BCUT2D eigenvalue weighted by molar-refractivity contribution is 7.89. The normalized spacial score (nSPS) is 15.4. The third-order valence-electron chi connectivity index (χ3n) is 3.57. The first kappa shape index (κ1) is 15.5. The monoisotopic (exact) mass is 296 g/mol. The van der Waals surface area contributed by atoms with E-state index >= 15 is 0 Å². The molecule has 0 bridgehead atoms. The van der Waals surface area contributed by atoms with Gasteiger partial charge < -0.3 is 5.32 Å². The van der Waals surface area contributed by atoms with Crippen LogP contribution < -0.4 is 10.0 Å². The molecule has 0 radical (unpaired) electrons. The Morgan fingerprint density at radius 2 is 2.10 bits per heavy atom. The number of hydrogen-bond acceptors (Lipinski definition) is 3. The maximum absolute atomic E-state index is 12.2. The lowest BCUT2D eigenvalue weighted by Crippen LogP contribution is -2.25. The minimum absolute atomic E-state index is 0.360. The second kappa shape index (κ2) is 7.20. The molecule has 2 rings (SSSR count). The third kappa shape index (κ3) is 4.89. The summed E-state index contributed by atoms with van der Waals surface area (Å²) in [6, 6.07) is 7.13. The van der Waals surface area contributed by atoms with E-state index in [1.807, 2.05) is 13.0 Å². The van der Waals surface area contributed by atoms with E-state index in [9.17, 15) is 8.42 Å². The zero-order chi connectivity index (χ0) is 14.4. The van der Waals surface area contributed by atoms with Gasteiger partial charge in [0.2, 0.25) is 10.0 Å². The first-order valence-electron chi connectivity index (χ1n) is 7.41. The molecule has 1 aliphatic rings. The smallest absolute Gasteiger partial charge is 0.240 e. The van der Waals surface area contributed by atoms with Crippen LogP contribution in [0.25, 0.3) is 0 Å². The Hall–Kier alpha value is -0.910. The summed E-state index contributed by atoms with van der Waals surface area (Å²) in [5.74, 6) is 0.850. The van der Waals surface area contributed by atoms with Gasteiger partial charge in [0.1, 0.15) is 0 Å². The van der Waals surface area contributed by atoms with Gasteiger partial charge in [0.15, 0.2) is 0 Å². The van der Waals surface area contributed by atoms with Crippen LogP contribution in [0.2, 0.25) is 0 Å². The number of benzene rings is 1. The van der Waals surface area contributed by atoms with Crippen LogP contribution >= 0.6 is 0 Å².